The smallest absolute Gasteiger partial charge is 0.150 e. The highest BCUT2D eigenvalue weighted by Crippen LogP contribution is 2.18. The maximum absolute atomic E-state index is 13.3. The van der Waals surface area contributed by atoms with E-state index in [0.717, 1.165) is 18.5 Å². The molecule has 0 unspecified atom stereocenters. The second kappa shape index (κ2) is 7.02. The topological polar surface area (TPSA) is 44.1 Å². The summed E-state index contributed by atoms with van der Waals surface area (Å²) < 4.78 is 20.7. The van der Waals surface area contributed by atoms with Crippen LogP contribution in [-0.2, 0) is 6.61 Å². The number of benzene rings is 1. The Morgan fingerprint density at radius 3 is 2.76 bits per heavy atom. The molecule has 21 heavy (non-hydrogen) atoms. The third-order valence-electron chi connectivity index (χ3n) is 3.40. The van der Waals surface area contributed by atoms with Gasteiger partial charge in [0.25, 0.3) is 0 Å². The molecule has 0 atom stereocenters. The highest BCUT2D eigenvalue weighted by Gasteiger charge is 2.08. The van der Waals surface area contributed by atoms with Gasteiger partial charge in [0.05, 0.1) is 11.7 Å². The Morgan fingerprint density at radius 1 is 1.33 bits per heavy atom. The van der Waals surface area contributed by atoms with Crippen LogP contribution in [0, 0.1) is 5.82 Å². The van der Waals surface area contributed by atoms with Gasteiger partial charge in [0.2, 0.25) is 0 Å². The molecule has 1 heterocycles. The molecular weight excluding hydrogens is 271 g/mol. The molecule has 0 saturated carbocycles. The van der Waals surface area contributed by atoms with Gasteiger partial charge in [-0.05, 0) is 31.0 Å². The maximum Gasteiger partial charge on any atom is 0.150 e. The summed E-state index contributed by atoms with van der Waals surface area (Å²) in [5, 5.41) is 4.46. The number of rotatable bonds is 7. The molecule has 2 rings (SSSR count). The fourth-order valence-corrected chi connectivity index (χ4v) is 2.21. The number of hydrogen-bond acceptors (Lipinski definition) is 3. The first-order valence-corrected chi connectivity index (χ1v) is 7.08. The van der Waals surface area contributed by atoms with Crippen LogP contribution in [0.4, 0.5) is 4.39 Å². The number of halogens is 1. The summed E-state index contributed by atoms with van der Waals surface area (Å²) in [6.45, 7) is 4.49. The van der Waals surface area contributed by atoms with Gasteiger partial charge in [-0.2, -0.15) is 5.10 Å². The fraction of sp³-hybridized carbons (Fsp3) is 0.375. The van der Waals surface area contributed by atoms with Crippen molar-refractivity contribution in [3.63, 3.8) is 0 Å². The molecule has 0 radical (unpaired) electrons. The molecule has 1 aromatic heterocycles. The molecule has 0 amide bonds. The van der Waals surface area contributed by atoms with Gasteiger partial charge in [-0.15, -0.1) is 0 Å². The van der Waals surface area contributed by atoms with Crippen LogP contribution in [0.5, 0.6) is 5.75 Å². The highest BCUT2D eigenvalue weighted by atomic mass is 19.1. The quantitative estimate of drug-likeness (QED) is 0.729. The van der Waals surface area contributed by atoms with Gasteiger partial charge in [-0.1, -0.05) is 13.8 Å². The van der Waals surface area contributed by atoms with Gasteiger partial charge in [-0.25, -0.2) is 4.39 Å². The number of aromatic nitrogens is 2. The maximum atomic E-state index is 13.3. The van der Waals surface area contributed by atoms with Crippen LogP contribution < -0.4 is 4.74 Å². The molecule has 0 N–H and O–H groups in total. The van der Waals surface area contributed by atoms with E-state index in [-0.39, 0.29) is 12.2 Å². The zero-order valence-electron chi connectivity index (χ0n) is 12.3. The van der Waals surface area contributed by atoms with E-state index in [9.17, 15) is 9.18 Å². The number of hydrogen-bond donors (Lipinski definition) is 0. The van der Waals surface area contributed by atoms with Crippen molar-refractivity contribution in [1.29, 1.82) is 0 Å². The average molecular weight is 290 g/mol. The van der Waals surface area contributed by atoms with E-state index >= 15 is 0 Å². The van der Waals surface area contributed by atoms with Gasteiger partial charge in [0.1, 0.15) is 24.5 Å². The van der Waals surface area contributed by atoms with Crippen molar-refractivity contribution >= 4 is 6.29 Å². The molecule has 0 spiro atoms. The van der Waals surface area contributed by atoms with Crippen molar-refractivity contribution in [2.75, 3.05) is 0 Å². The van der Waals surface area contributed by atoms with E-state index in [4.69, 9.17) is 4.74 Å². The Bertz CT molecular complexity index is 606. The van der Waals surface area contributed by atoms with E-state index in [2.05, 4.69) is 18.9 Å². The third-order valence-corrected chi connectivity index (χ3v) is 3.40. The van der Waals surface area contributed by atoms with Crippen LogP contribution in [0.15, 0.2) is 30.5 Å². The van der Waals surface area contributed by atoms with E-state index in [0.29, 0.717) is 18.1 Å². The first kappa shape index (κ1) is 15.2. The van der Waals surface area contributed by atoms with E-state index < -0.39 is 5.82 Å². The molecular formula is C16H19FN2O2. The lowest BCUT2D eigenvalue weighted by Gasteiger charge is -2.12. The lowest BCUT2D eigenvalue weighted by molar-refractivity contribution is 0.112. The summed E-state index contributed by atoms with van der Waals surface area (Å²) in [4.78, 5) is 10.7. The standard InChI is InChI=1S/C16H19FN2O2/c1-3-15(4-2)19-6-5-14(18-19)11-21-16-8-12(10-20)7-13(17)9-16/h5-10,15H,3-4,11H2,1-2H3. The largest absolute Gasteiger partial charge is 0.487 e. The minimum atomic E-state index is -0.489. The molecule has 2 aromatic rings. The Morgan fingerprint density at radius 2 is 2.10 bits per heavy atom. The van der Waals surface area contributed by atoms with Crippen LogP contribution in [0.1, 0.15) is 48.8 Å². The predicted octanol–water partition coefficient (Wildman–Crippen LogP) is 3.77. The third kappa shape index (κ3) is 3.90. The summed E-state index contributed by atoms with van der Waals surface area (Å²) in [7, 11) is 0. The molecule has 0 saturated heterocycles. The van der Waals surface area contributed by atoms with Crippen LogP contribution in [0.3, 0.4) is 0 Å². The SMILES string of the molecule is CCC(CC)n1ccc(COc2cc(F)cc(C=O)c2)n1. The summed E-state index contributed by atoms with van der Waals surface area (Å²) in [5.74, 6) is -0.161. The van der Waals surface area contributed by atoms with Crippen molar-refractivity contribution in [2.45, 2.75) is 39.3 Å². The first-order valence-electron chi connectivity index (χ1n) is 7.08. The molecule has 112 valence electrons. The number of carbonyl (C=O) groups excluding carboxylic acids is 1. The van der Waals surface area contributed by atoms with Gasteiger partial charge in [0, 0.05) is 17.8 Å². The Labute approximate surface area is 123 Å². The molecule has 4 nitrogen and oxygen atoms in total. The summed E-state index contributed by atoms with van der Waals surface area (Å²) in [5.41, 5.74) is 1.03. The Kier molecular flexibility index (Phi) is 5.09. The summed E-state index contributed by atoms with van der Waals surface area (Å²) in [6, 6.07) is 6.20. The fourth-order valence-electron chi connectivity index (χ4n) is 2.21. The van der Waals surface area contributed by atoms with Crippen LogP contribution in [0.2, 0.25) is 0 Å². The summed E-state index contributed by atoms with van der Waals surface area (Å²) in [6.07, 6.45) is 4.56. The lowest BCUT2D eigenvalue weighted by atomic mass is 10.2. The van der Waals surface area contributed by atoms with Crippen LogP contribution >= 0.6 is 0 Å². The van der Waals surface area contributed by atoms with Crippen LogP contribution in [0.25, 0.3) is 0 Å². The van der Waals surface area contributed by atoms with E-state index in [1.807, 2.05) is 16.9 Å². The molecule has 0 aliphatic heterocycles. The van der Waals surface area contributed by atoms with Gasteiger partial charge in [-0.3, -0.25) is 9.48 Å². The number of ether oxygens (including phenoxy) is 1. The molecule has 0 fully saturated rings. The van der Waals surface area contributed by atoms with Gasteiger partial charge in [0.15, 0.2) is 0 Å². The normalized spacial score (nSPS) is 10.9. The zero-order valence-corrected chi connectivity index (χ0v) is 12.3. The highest BCUT2D eigenvalue weighted by molar-refractivity contribution is 5.75. The average Bonchev–Trinajstić information content (AvgIpc) is 2.94. The minimum Gasteiger partial charge on any atom is -0.487 e. The predicted molar refractivity (Wildman–Crippen MR) is 78.0 cm³/mol. The minimum absolute atomic E-state index is 0.245. The number of nitrogens with zero attached hydrogens (tertiary/aromatic N) is 2. The number of carbonyl (C=O) groups is 1. The first-order chi connectivity index (χ1) is 10.2. The summed E-state index contributed by atoms with van der Waals surface area (Å²) >= 11 is 0. The Hall–Kier alpha value is -2.17. The molecule has 5 heteroatoms. The molecule has 0 aliphatic rings. The molecule has 0 bridgehead atoms. The van der Waals surface area contributed by atoms with Crippen molar-refractivity contribution < 1.29 is 13.9 Å². The van der Waals surface area contributed by atoms with Crippen molar-refractivity contribution in [3.05, 3.63) is 47.5 Å². The van der Waals surface area contributed by atoms with Crippen molar-refractivity contribution in [1.82, 2.24) is 9.78 Å². The molecule has 0 aliphatic carbocycles. The van der Waals surface area contributed by atoms with Gasteiger partial charge >= 0.3 is 0 Å². The second-order valence-corrected chi connectivity index (χ2v) is 4.88. The van der Waals surface area contributed by atoms with Gasteiger partial charge < -0.3 is 4.74 Å². The second-order valence-electron chi connectivity index (χ2n) is 4.88. The van der Waals surface area contributed by atoms with Crippen molar-refractivity contribution in [3.8, 4) is 5.75 Å². The van der Waals surface area contributed by atoms with E-state index in [1.54, 1.807) is 0 Å². The van der Waals surface area contributed by atoms with Crippen molar-refractivity contribution in [2.24, 2.45) is 0 Å². The van der Waals surface area contributed by atoms with E-state index in [1.165, 1.54) is 18.2 Å². The zero-order chi connectivity index (χ0) is 15.2. The monoisotopic (exact) mass is 290 g/mol. The van der Waals surface area contributed by atoms with Crippen LogP contribution in [-0.4, -0.2) is 16.1 Å². The Balaban J connectivity index is 2.03. The molecule has 1 aromatic carbocycles. The lowest BCUT2D eigenvalue weighted by Crippen LogP contribution is -2.08. The number of aldehydes is 1.